The van der Waals surface area contributed by atoms with Crippen LogP contribution in [0.2, 0.25) is 5.02 Å². The van der Waals surface area contributed by atoms with Crippen LogP contribution < -0.4 is 10.6 Å². The van der Waals surface area contributed by atoms with Crippen LogP contribution in [-0.2, 0) is 0 Å². The Morgan fingerprint density at radius 3 is 2.95 bits per heavy atom. The number of nitrogens with one attached hydrogen (secondary N) is 2. The third-order valence-corrected chi connectivity index (χ3v) is 4.07. The highest BCUT2D eigenvalue weighted by Gasteiger charge is 2.17. The fraction of sp³-hybridized carbons (Fsp3) is 0.375. The summed E-state index contributed by atoms with van der Waals surface area (Å²) in [6, 6.07) is 8.86. The molecule has 2 N–H and O–H groups in total. The minimum absolute atomic E-state index is 0.200. The molecule has 0 spiro atoms. The number of hydrogen-bond acceptors (Lipinski definition) is 4. The summed E-state index contributed by atoms with van der Waals surface area (Å²) in [5, 5.41) is 10.8. The average Bonchev–Trinajstić information content (AvgIpc) is 3.04. The second-order valence-corrected chi connectivity index (χ2v) is 5.94. The van der Waals surface area contributed by atoms with Gasteiger partial charge in [-0.15, -0.1) is 0 Å². The van der Waals surface area contributed by atoms with Crippen molar-refractivity contribution < 1.29 is 9.32 Å². The van der Waals surface area contributed by atoms with Gasteiger partial charge in [0.05, 0.1) is 0 Å². The first kappa shape index (κ1) is 15.1. The first-order valence-electron chi connectivity index (χ1n) is 7.44. The summed E-state index contributed by atoms with van der Waals surface area (Å²) in [7, 11) is 0. The predicted molar refractivity (Wildman–Crippen MR) is 84.9 cm³/mol. The van der Waals surface area contributed by atoms with Crippen molar-refractivity contribution in [2.24, 2.45) is 5.92 Å². The van der Waals surface area contributed by atoms with Crippen molar-refractivity contribution in [3.05, 3.63) is 41.0 Å². The maximum Gasteiger partial charge on any atom is 0.273 e. The molecule has 1 unspecified atom stereocenters. The summed E-state index contributed by atoms with van der Waals surface area (Å²) < 4.78 is 5.24. The Labute approximate surface area is 134 Å². The Kier molecular flexibility index (Phi) is 4.75. The molecule has 1 aromatic heterocycles. The smallest absolute Gasteiger partial charge is 0.273 e. The molecule has 3 rings (SSSR count). The van der Waals surface area contributed by atoms with E-state index in [0.29, 0.717) is 28.9 Å². The number of halogens is 1. The maximum absolute atomic E-state index is 12.1. The Bertz CT molecular complexity index is 633. The van der Waals surface area contributed by atoms with E-state index in [4.69, 9.17) is 16.1 Å². The van der Waals surface area contributed by atoms with Gasteiger partial charge in [0, 0.05) is 23.2 Å². The lowest BCUT2D eigenvalue weighted by Crippen LogP contribution is -2.38. The van der Waals surface area contributed by atoms with Gasteiger partial charge in [-0.2, -0.15) is 0 Å². The van der Waals surface area contributed by atoms with Gasteiger partial charge in [0.15, 0.2) is 11.5 Å². The predicted octanol–water partition coefficient (Wildman–Crippen LogP) is 2.72. The normalized spacial score (nSPS) is 18.1. The molecular weight excluding hydrogens is 302 g/mol. The molecule has 116 valence electrons. The van der Waals surface area contributed by atoms with E-state index >= 15 is 0 Å². The van der Waals surface area contributed by atoms with Crippen molar-refractivity contribution >= 4 is 17.5 Å². The summed E-state index contributed by atoms with van der Waals surface area (Å²) in [6.45, 7) is 2.68. The van der Waals surface area contributed by atoms with Crippen LogP contribution in [0.1, 0.15) is 23.3 Å². The third-order valence-electron chi connectivity index (χ3n) is 3.82. The van der Waals surface area contributed by atoms with Crippen LogP contribution in [0.25, 0.3) is 11.3 Å². The lowest BCUT2D eigenvalue weighted by molar-refractivity contribution is 0.0936. The molecule has 0 saturated carbocycles. The molecule has 5 nitrogen and oxygen atoms in total. The Morgan fingerprint density at radius 2 is 2.23 bits per heavy atom. The number of nitrogens with zero attached hydrogens (tertiary/aromatic N) is 1. The number of benzene rings is 1. The molecule has 1 amide bonds. The minimum atomic E-state index is -0.200. The second-order valence-electron chi connectivity index (χ2n) is 5.51. The number of carbonyl (C=O) groups excluding carboxylic acids is 1. The fourth-order valence-electron chi connectivity index (χ4n) is 2.56. The zero-order chi connectivity index (χ0) is 15.4. The maximum atomic E-state index is 12.1. The lowest BCUT2D eigenvalue weighted by atomic mass is 10.00. The number of carbonyl (C=O) groups is 1. The monoisotopic (exact) mass is 319 g/mol. The number of rotatable bonds is 4. The highest BCUT2D eigenvalue weighted by atomic mass is 35.5. The molecule has 1 saturated heterocycles. The SMILES string of the molecule is O=C(NCC1CCCNC1)c1cc(-c2ccc(Cl)cc2)on1. The van der Waals surface area contributed by atoms with Crippen LogP contribution in [0.3, 0.4) is 0 Å². The van der Waals surface area contributed by atoms with Gasteiger partial charge in [-0.25, -0.2) is 0 Å². The van der Waals surface area contributed by atoms with Crippen molar-refractivity contribution in [2.45, 2.75) is 12.8 Å². The largest absolute Gasteiger partial charge is 0.355 e. The molecule has 0 radical (unpaired) electrons. The molecule has 0 aliphatic carbocycles. The van der Waals surface area contributed by atoms with E-state index in [-0.39, 0.29) is 5.91 Å². The Balaban J connectivity index is 1.60. The molecule has 0 bridgehead atoms. The quantitative estimate of drug-likeness (QED) is 0.909. The van der Waals surface area contributed by atoms with Crippen LogP contribution in [0.5, 0.6) is 0 Å². The topological polar surface area (TPSA) is 67.2 Å². The zero-order valence-corrected chi connectivity index (χ0v) is 12.9. The molecule has 1 atom stereocenters. The fourth-order valence-corrected chi connectivity index (χ4v) is 2.68. The van der Waals surface area contributed by atoms with Crippen LogP contribution in [-0.4, -0.2) is 30.7 Å². The number of piperidine rings is 1. The van der Waals surface area contributed by atoms with Crippen molar-refractivity contribution in [3.63, 3.8) is 0 Å². The molecule has 1 aliphatic heterocycles. The van der Waals surface area contributed by atoms with Gasteiger partial charge < -0.3 is 15.2 Å². The van der Waals surface area contributed by atoms with Crippen molar-refractivity contribution in [1.29, 1.82) is 0 Å². The van der Waals surface area contributed by atoms with Crippen LogP contribution in [0, 0.1) is 5.92 Å². The van der Waals surface area contributed by atoms with E-state index in [1.165, 1.54) is 0 Å². The van der Waals surface area contributed by atoms with E-state index in [9.17, 15) is 4.79 Å². The van der Waals surface area contributed by atoms with Crippen LogP contribution in [0.4, 0.5) is 0 Å². The summed E-state index contributed by atoms with van der Waals surface area (Å²) in [5.74, 6) is 0.844. The van der Waals surface area contributed by atoms with Gasteiger partial charge in [0.2, 0.25) is 0 Å². The molecule has 2 heterocycles. The van der Waals surface area contributed by atoms with Crippen molar-refractivity contribution in [1.82, 2.24) is 15.8 Å². The highest BCUT2D eigenvalue weighted by Crippen LogP contribution is 2.22. The number of aromatic nitrogens is 1. The summed E-state index contributed by atoms with van der Waals surface area (Å²) in [5.41, 5.74) is 1.14. The van der Waals surface area contributed by atoms with E-state index in [2.05, 4.69) is 15.8 Å². The first-order valence-corrected chi connectivity index (χ1v) is 7.82. The first-order chi connectivity index (χ1) is 10.7. The number of hydrogen-bond donors (Lipinski definition) is 2. The van der Waals surface area contributed by atoms with E-state index in [0.717, 1.165) is 31.5 Å². The van der Waals surface area contributed by atoms with Gasteiger partial charge in [-0.3, -0.25) is 4.79 Å². The van der Waals surface area contributed by atoms with Gasteiger partial charge in [0.1, 0.15) is 0 Å². The second kappa shape index (κ2) is 6.94. The van der Waals surface area contributed by atoms with Gasteiger partial charge in [-0.1, -0.05) is 16.8 Å². The van der Waals surface area contributed by atoms with Crippen molar-refractivity contribution in [2.75, 3.05) is 19.6 Å². The molecule has 22 heavy (non-hydrogen) atoms. The Morgan fingerprint density at radius 1 is 1.41 bits per heavy atom. The van der Waals surface area contributed by atoms with Gasteiger partial charge >= 0.3 is 0 Å². The van der Waals surface area contributed by atoms with E-state index < -0.39 is 0 Å². The highest BCUT2D eigenvalue weighted by molar-refractivity contribution is 6.30. The van der Waals surface area contributed by atoms with Gasteiger partial charge in [-0.05, 0) is 56.1 Å². The van der Waals surface area contributed by atoms with Crippen LogP contribution in [0.15, 0.2) is 34.9 Å². The van der Waals surface area contributed by atoms with Gasteiger partial charge in [0.25, 0.3) is 5.91 Å². The van der Waals surface area contributed by atoms with Crippen LogP contribution >= 0.6 is 11.6 Å². The summed E-state index contributed by atoms with van der Waals surface area (Å²) in [4.78, 5) is 12.1. The molecule has 1 aromatic carbocycles. The van der Waals surface area contributed by atoms with E-state index in [1.807, 2.05) is 12.1 Å². The standard InChI is InChI=1S/C16H18ClN3O2/c17-13-5-3-12(4-6-13)15-8-14(20-22-15)16(21)19-10-11-2-1-7-18-9-11/h3-6,8,11,18H,1-2,7,9-10H2,(H,19,21). The molecule has 1 fully saturated rings. The summed E-state index contributed by atoms with van der Waals surface area (Å²) in [6.07, 6.45) is 2.30. The zero-order valence-electron chi connectivity index (χ0n) is 12.1. The molecule has 2 aromatic rings. The van der Waals surface area contributed by atoms with E-state index in [1.54, 1.807) is 18.2 Å². The molecular formula is C16H18ClN3O2. The lowest BCUT2D eigenvalue weighted by Gasteiger charge is -2.22. The van der Waals surface area contributed by atoms with Crippen molar-refractivity contribution in [3.8, 4) is 11.3 Å². The summed E-state index contributed by atoms with van der Waals surface area (Å²) >= 11 is 5.85. The molecule has 1 aliphatic rings. The molecule has 6 heteroatoms. The minimum Gasteiger partial charge on any atom is -0.355 e. The third kappa shape index (κ3) is 3.67. The number of amides is 1. The average molecular weight is 320 g/mol. The Hall–Kier alpha value is -1.85.